The summed E-state index contributed by atoms with van der Waals surface area (Å²) in [7, 11) is 0. The van der Waals surface area contributed by atoms with Gasteiger partial charge in [-0.05, 0) is 40.0 Å². The molecule has 0 saturated heterocycles. The highest BCUT2D eigenvalue weighted by molar-refractivity contribution is 9.10. The lowest BCUT2D eigenvalue weighted by atomic mass is 10.1. The van der Waals surface area contributed by atoms with E-state index in [1.165, 1.54) is 0 Å². The van der Waals surface area contributed by atoms with Crippen molar-refractivity contribution in [3.8, 4) is 5.75 Å². The number of aryl methyl sites for hydroxylation is 1. The minimum absolute atomic E-state index is 0.0274. The van der Waals surface area contributed by atoms with Gasteiger partial charge in [-0.2, -0.15) is 0 Å². The third-order valence-electron chi connectivity index (χ3n) is 1.72. The molecule has 3 nitrogen and oxygen atoms in total. The van der Waals surface area contributed by atoms with E-state index in [2.05, 4.69) is 15.9 Å². The minimum atomic E-state index is -0.902. The largest absolute Gasteiger partial charge is 0.506 e. The van der Waals surface area contributed by atoms with E-state index in [0.717, 1.165) is 0 Å². The molecular formula is C9H8BrClO3. The summed E-state index contributed by atoms with van der Waals surface area (Å²) in [6.45, 7) is 0. The maximum atomic E-state index is 10.3. The van der Waals surface area contributed by atoms with Crippen molar-refractivity contribution in [2.24, 2.45) is 0 Å². The molecule has 0 aromatic heterocycles. The second-order valence-corrected chi connectivity index (χ2v) is 4.08. The molecule has 5 heteroatoms. The van der Waals surface area contributed by atoms with Gasteiger partial charge in [0.05, 0.1) is 4.47 Å². The lowest BCUT2D eigenvalue weighted by Gasteiger charge is -2.05. The predicted molar refractivity (Wildman–Crippen MR) is 56.8 cm³/mol. The molecule has 0 amide bonds. The van der Waals surface area contributed by atoms with E-state index in [4.69, 9.17) is 16.7 Å². The Labute approximate surface area is 94.4 Å². The van der Waals surface area contributed by atoms with E-state index in [1.807, 2.05) is 0 Å². The van der Waals surface area contributed by atoms with Crippen molar-refractivity contribution < 1.29 is 15.0 Å². The molecule has 0 saturated carbocycles. The van der Waals surface area contributed by atoms with Crippen LogP contribution in [0.3, 0.4) is 0 Å². The number of carboxylic acids is 1. The Morgan fingerprint density at radius 1 is 1.50 bits per heavy atom. The molecule has 0 radical (unpaired) electrons. The van der Waals surface area contributed by atoms with Gasteiger partial charge in [-0.15, -0.1) is 0 Å². The number of hydrogen-bond acceptors (Lipinski definition) is 2. The van der Waals surface area contributed by atoms with E-state index in [-0.39, 0.29) is 18.6 Å². The van der Waals surface area contributed by atoms with Crippen LogP contribution < -0.4 is 0 Å². The molecule has 0 aliphatic heterocycles. The van der Waals surface area contributed by atoms with Crippen molar-refractivity contribution >= 4 is 33.5 Å². The summed E-state index contributed by atoms with van der Waals surface area (Å²) in [5.41, 5.74) is 0.534. The summed E-state index contributed by atoms with van der Waals surface area (Å²) in [5, 5.41) is 18.5. The number of phenolic OH excluding ortho intramolecular Hbond substituents is 1. The molecule has 0 atom stereocenters. The Kier molecular flexibility index (Phi) is 3.77. The molecule has 1 aromatic rings. The molecule has 0 fully saturated rings. The number of carboxylic acid groups (broad SMARTS) is 1. The molecule has 0 aliphatic rings. The van der Waals surface area contributed by atoms with Gasteiger partial charge in [0, 0.05) is 11.4 Å². The van der Waals surface area contributed by atoms with Crippen LogP contribution in [0.2, 0.25) is 5.02 Å². The summed E-state index contributed by atoms with van der Waals surface area (Å²) in [5.74, 6) is -0.851. The molecule has 0 bridgehead atoms. The number of halogens is 2. The summed E-state index contributed by atoms with van der Waals surface area (Å²) in [6.07, 6.45) is 0.237. The van der Waals surface area contributed by atoms with Crippen molar-refractivity contribution in [2.45, 2.75) is 12.8 Å². The van der Waals surface area contributed by atoms with Gasteiger partial charge in [0.15, 0.2) is 0 Å². The number of hydrogen-bond donors (Lipinski definition) is 2. The van der Waals surface area contributed by atoms with Crippen LogP contribution >= 0.6 is 27.5 Å². The van der Waals surface area contributed by atoms with Crippen molar-refractivity contribution in [2.75, 3.05) is 0 Å². The number of carbonyl (C=O) groups is 1. The summed E-state index contributed by atoms with van der Waals surface area (Å²) in [4.78, 5) is 10.3. The van der Waals surface area contributed by atoms with E-state index < -0.39 is 5.97 Å². The van der Waals surface area contributed by atoms with Crippen LogP contribution in [-0.2, 0) is 11.2 Å². The molecule has 0 heterocycles. The number of phenols is 1. The second-order valence-electron chi connectivity index (χ2n) is 2.79. The van der Waals surface area contributed by atoms with Crippen molar-refractivity contribution in [1.29, 1.82) is 0 Å². The van der Waals surface area contributed by atoms with Crippen molar-refractivity contribution in [1.82, 2.24) is 0 Å². The fourth-order valence-electron chi connectivity index (χ4n) is 1.05. The van der Waals surface area contributed by atoms with Gasteiger partial charge >= 0.3 is 5.97 Å². The van der Waals surface area contributed by atoms with Crippen LogP contribution in [-0.4, -0.2) is 16.2 Å². The number of rotatable bonds is 3. The molecule has 0 aliphatic carbocycles. The molecule has 0 unspecified atom stereocenters. The molecule has 76 valence electrons. The fourth-order valence-corrected chi connectivity index (χ4v) is 1.93. The van der Waals surface area contributed by atoms with Gasteiger partial charge in [0.25, 0.3) is 0 Å². The van der Waals surface area contributed by atoms with E-state index >= 15 is 0 Å². The first kappa shape index (κ1) is 11.3. The topological polar surface area (TPSA) is 57.5 Å². The quantitative estimate of drug-likeness (QED) is 0.894. The smallest absolute Gasteiger partial charge is 0.303 e. The maximum Gasteiger partial charge on any atom is 0.303 e. The van der Waals surface area contributed by atoms with Crippen molar-refractivity contribution in [3.63, 3.8) is 0 Å². The zero-order valence-corrected chi connectivity index (χ0v) is 9.47. The van der Waals surface area contributed by atoms with E-state index in [0.29, 0.717) is 15.1 Å². The highest BCUT2D eigenvalue weighted by atomic mass is 79.9. The third kappa shape index (κ3) is 2.89. The number of aromatic hydroxyl groups is 1. The monoisotopic (exact) mass is 278 g/mol. The summed E-state index contributed by atoms with van der Waals surface area (Å²) >= 11 is 8.87. The summed E-state index contributed by atoms with van der Waals surface area (Å²) in [6, 6.07) is 3.12. The van der Waals surface area contributed by atoms with Gasteiger partial charge in [-0.25, -0.2) is 0 Å². The van der Waals surface area contributed by atoms with Crippen LogP contribution in [0.25, 0.3) is 0 Å². The SMILES string of the molecule is O=C(O)CCc1cc(Cl)cc(Br)c1O. The first-order valence-electron chi connectivity index (χ1n) is 3.89. The first-order valence-corrected chi connectivity index (χ1v) is 5.06. The Morgan fingerprint density at radius 2 is 2.14 bits per heavy atom. The molecule has 1 rings (SSSR count). The Balaban J connectivity index is 2.90. The van der Waals surface area contributed by atoms with Crippen molar-refractivity contribution in [3.05, 3.63) is 27.2 Å². The maximum absolute atomic E-state index is 10.3. The highest BCUT2D eigenvalue weighted by Crippen LogP contribution is 2.32. The van der Waals surface area contributed by atoms with Gasteiger partial charge < -0.3 is 10.2 Å². The standard InChI is InChI=1S/C9H8BrClO3/c10-7-4-6(11)3-5(9(7)14)1-2-8(12)13/h3-4,14H,1-2H2,(H,12,13). The molecule has 1 aromatic carbocycles. The Bertz CT molecular complexity index is 365. The first-order chi connectivity index (χ1) is 6.50. The number of aliphatic carboxylic acids is 1. The predicted octanol–water partition coefficient (Wildman–Crippen LogP) is 2.83. The van der Waals surface area contributed by atoms with Gasteiger partial charge in [-0.3, -0.25) is 4.79 Å². The van der Waals surface area contributed by atoms with Crippen LogP contribution in [0.4, 0.5) is 0 Å². The molecule has 14 heavy (non-hydrogen) atoms. The normalized spacial score (nSPS) is 10.1. The zero-order chi connectivity index (χ0) is 10.7. The number of benzene rings is 1. The Hall–Kier alpha value is -0.740. The van der Waals surface area contributed by atoms with Crippen LogP contribution in [0.5, 0.6) is 5.75 Å². The third-order valence-corrected chi connectivity index (χ3v) is 2.54. The Morgan fingerprint density at radius 3 is 2.71 bits per heavy atom. The van der Waals surface area contributed by atoms with E-state index in [1.54, 1.807) is 12.1 Å². The second kappa shape index (κ2) is 4.66. The fraction of sp³-hybridized carbons (Fsp3) is 0.222. The zero-order valence-electron chi connectivity index (χ0n) is 7.13. The van der Waals surface area contributed by atoms with Gasteiger partial charge in [-0.1, -0.05) is 11.6 Å². The average molecular weight is 280 g/mol. The van der Waals surface area contributed by atoms with Crippen LogP contribution in [0.15, 0.2) is 16.6 Å². The van der Waals surface area contributed by atoms with Gasteiger partial charge in [0.1, 0.15) is 5.75 Å². The van der Waals surface area contributed by atoms with Crippen LogP contribution in [0.1, 0.15) is 12.0 Å². The summed E-state index contributed by atoms with van der Waals surface area (Å²) < 4.78 is 0.477. The average Bonchev–Trinajstić information content (AvgIpc) is 2.08. The van der Waals surface area contributed by atoms with Crippen LogP contribution in [0, 0.1) is 0 Å². The molecule has 0 spiro atoms. The highest BCUT2D eigenvalue weighted by Gasteiger charge is 2.08. The molecule has 2 N–H and O–H groups in total. The van der Waals surface area contributed by atoms with Gasteiger partial charge in [0.2, 0.25) is 0 Å². The molecular weight excluding hydrogens is 271 g/mol. The lowest BCUT2D eigenvalue weighted by molar-refractivity contribution is -0.136. The lowest BCUT2D eigenvalue weighted by Crippen LogP contribution is -1.97. The minimum Gasteiger partial charge on any atom is -0.506 e. The van der Waals surface area contributed by atoms with E-state index in [9.17, 15) is 9.90 Å².